The SMILES string of the molecule is COSNc1cc(-c2cccc(Cl)c2)ccc1C(C)=O. The number of carbonyl (C=O) groups is 1. The Bertz CT molecular complexity index is 631. The minimum absolute atomic E-state index is 0.00171. The average Bonchev–Trinajstić information content (AvgIpc) is 2.44. The van der Waals surface area contributed by atoms with Crippen LogP contribution in [0.1, 0.15) is 17.3 Å². The second-order valence-corrected chi connectivity index (χ2v) is 5.32. The number of nitrogens with one attached hydrogen (secondary N) is 1. The second-order valence-electron chi connectivity index (χ2n) is 4.18. The van der Waals surface area contributed by atoms with Crippen LogP contribution in [0.3, 0.4) is 0 Å². The summed E-state index contributed by atoms with van der Waals surface area (Å²) >= 11 is 7.08. The van der Waals surface area contributed by atoms with Crippen LogP contribution >= 0.6 is 23.8 Å². The Hall–Kier alpha value is -1.49. The summed E-state index contributed by atoms with van der Waals surface area (Å²) in [5.74, 6) is 0.00171. The van der Waals surface area contributed by atoms with E-state index in [0.717, 1.165) is 29.0 Å². The van der Waals surface area contributed by atoms with Crippen LogP contribution < -0.4 is 4.72 Å². The number of benzene rings is 2. The van der Waals surface area contributed by atoms with Crippen LogP contribution in [0, 0.1) is 0 Å². The first-order chi connectivity index (χ1) is 9.61. The molecule has 0 spiro atoms. The zero-order valence-corrected chi connectivity index (χ0v) is 12.7. The Morgan fingerprint density at radius 1 is 1.20 bits per heavy atom. The molecule has 2 aromatic carbocycles. The molecule has 0 saturated heterocycles. The summed E-state index contributed by atoms with van der Waals surface area (Å²) in [6.45, 7) is 1.54. The highest BCUT2D eigenvalue weighted by Crippen LogP contribution is 2.29. The van der Waals surface area contributed by atoms with E-state index in [0.29, 0.717) is 10.6 Å². The third-order valence-electron chi connectivity index (χ3n) is 2.79. The molecule has 3 nitrogen and oxygen atoms in total. The molecule has 2 aromatic rings. The minimum atomic E-state index is 0.00171. The molecule has 0 aliphatic rings. The first-order valence-electron chi connectivity index (χ1n) is 5.98. The Kier molecular flexibility index (Phi) is 5.06. The highest BCUT2D eigenvalue weighted by atomic mass is 35.5. The third-order valence-corrected chi connectivity index (χ3v) is 3.50. The lowest BCUT2D eigenvalue weighted by Crippen LogP contribution is -1.99. The first kappa shape index (κ1) is 14.9. The molecule has 1 N–H and O–H groups in total. The van der Waals surface area contributed by atoms with Gasteiger partial charge in [-0.15, -0.1) is 0 Å². The number of hydrogen-bond donors (Lipinski definition) is 1. The highest BCUT2D eigenvalue weighted by Gasteiger charge is 2.09. The second kappa shape index (κ2) is 6.79. The van der Waals surface area contributed by atoms with Gasteiger partial charge in [0.1, 0.15) is 12.2 Å². The molecule has 5 heteroatoms. The lowest BCUT2D eigenvalue weighted by Gasteiger charge is -2.11. The van der Waals surface area contributed by atoms with Crippen LogP contribution in [-0.4, -0.2) is 12.9 Å². The van der Waals surface area contributed by atoms with Crippen molar-refractivity contribution in [3.63, 3.8) is 0 Å². The fourth-order valence-electron chi connectivity index (χ4n) is 1.87. The zero-order valence-electron chi connectivity index (χ0n) is 11.1. The maximum atomic E-state index is 11.6. The van der Waals surface area contributed by atoms with Crippen LogP contribution in [0.4, 0.5) is 5.69 Å². The van der Waals surface area contributed by atoms with Crippen LogP contribution in [0.2, 0.25) is 5.02 Å². The van der Waals surface area contributed by atoms with Gasteiger partial charge in [0.2, 0.25) is 0 Å². The summed E-state index contributed by atoms with van der Waals surface area (Å²) < 4.78 is 7.93. The van der Waals surface area contributed by atoms with E-state index < -0.39 is 0 Å². The average molecular weight is 308 g/mol. The first-order valence-corrected chi connectivity index (χ1v) is 7.10. The number of ketones is 1. The van der Waals surface area contributed by atoms with Crippen molar-refractivity contribution in [1.82, 2.24) is 0 Å². The van der Waals surface area contributed by atoms with E-state index in [4.69, 9.17) is 15.8 Å². The van der Waals surface area contributed by atoms with E-state index in [2.05, 4.69) is 4.72 Å². The number of Topliss-reactive ketones (excluding diaryl/α,β-unsaturated/α-hetero) is 1. The molecule has 0 amide bonds. The largest absolute Gasteiger partial charge is 0.306 e. The number of anilines is 1. The number of carbonyl (C=O) groups excluding carboxylic acids is 1. The summed E-state index contributed by atoms with van der Waals surface area (Å²) in [5, 5.41) is 0.680. The topological polar surface area (TPSA) is 38.3 Å². The van der Waals surface area contributed by atoms with Crippen LogP contribution in [0.5, 0.6) is 0 Å². The van der Waals surface area contributed by atoms with Crippen molar-refractivity contribution < 1.29 is 8.98 Å². The van der Waals surface area contributed by atoms with Gasteiger partial charge in [-0.25, -0.2) is 0 Å². The van der Waals surface area contributed by atoms with Gasteiger partial charge in [0.05, 0.1) is 12.8 Å². The lowest BCUT2D eigenvalue weighted by atomic mass is 10.0. The maximum absolute atomic E-state index is 11.6. The molecule has 0 atom stereocenters. The van der Waals surface area contributed by atoms with Crippen molar-refractivity contribution in [2.24, 2.45) is 0 Å². The number of hydrogen-bond acceptors (Lipinski definition) is 4. The van der Waals surface area contributed by atoms with Crippen LogP contribution in [0.15, 0.2) is 42.5 Å². The van der Waals surface area contributed by atoms with Gasteiger partial charge >= 0.3 is 0 Å². The van der Waals surface area contributed by atoms with Crippen molar-refractivity contribution in [2.75, 3.05) is 11.8 Å². The Morgan fingerprint density at radius 3 is 2.60 bits per heavy atom. The minimum Gasteiger partial charge on any atom is -0.306 e. The molecule has 0 aromatic heterocycles. The van der Waals surface area contributed by atoms with Crippen molar-refractivity contribution >= 4 is 35.3 Å². The van der Waals surface area contributed by atoms with Crippen LogP contribution in [-0.2, 0) is 4.18 Å². The predicted molar refractivity (Wildman–Crippen MR) is 85.1 cm³/mol. The predicted octanol–water partition coefficient (Wildman–Crippen LogP) is 4.83. The van der Waals surface area contributed by atoms with E-state index >= 15 is 0 Å². The molecule has 2 rings (SSSR count). The molecule has 0 unspecified atom stereocenters. The lowest BCUT2D eigenvalue weighted by molar-refractivity contribution is 0.101. The van der Waals surface area contributed by atoms with Gasteiger partial charge in [-0.05, 0) is 42.3 Å². The summed E-state index contributed by atoms with van der Waals surface area (Å²) in [7, 11) is 1.56. The molecule has 0 heterocycles. The quantitative estimate of drug-likeness (QED) is 0.488. The van der Waals surface area contributed by atoms with Gasteiger partial charge in [0.15, 0.2) is 5.78 Å². The molecule has 0 saturated carbocycles. The van der Waals surface area contributed by atoms with Crippen LogP contribution in [0.25, 0.3) is 11.1 Å². The fourth-order valence-corrected chi connectivity index (χ4v) is 2.40. The van der Waals surface area contributed by atoms with Crippen molar-refractivity contribution in [3.05, 3.63) is 53.1 Å². The Balaban J connectivity index is 2.43. The standard InChI is InChI=1S/C15H14ClNO2S/c1-10(18)14-7-6-12(9-15(14)17-20-19-2)11-4-3-5-13(16)8-11/h3-9,17H,1-2H3. The van der Waals surface area contributed by atoms with Gasteiger partial charge < -0.3 is 8.91 Å². The molecule has 0 aliphatic heterocycles. The molecule has 0 bridgehead atoms. The monoisotopic (exact) mass is 307 g/mol. The number of halogens is 1. The summed E-state index contributed by atoms with van der Waals surface area (Å²) in [6, 6.07) is 13.2. The van der Waals surface area contributed by atoms with Gasteiger partial charge in [0.25, 0.3) is 0 Å². The van der Waals surface area contributed by atoms with Crippen molar-refractivity contribution in [3.8, 4) is 11.1 Å². The molecular weight excluding hydrogens is 294 g/mol. The van der Waals surface area contributed by atoms with E-state index in [1.54, 1.807) is 13.2 Å². The van der Waals surface area contributed by atoms with Crippen molar-refractivity contribution in [1.29, 1.82) is 0 Å². The van der Waals surface area contributed by atoms with Gasteiger partial charge in [0, 0.05) is 10.6 Å². The smallest absolute Gasteiger partial charge is 0.161 e. The van der Waals surface area contributed by atoms with Gasteiger partial charge in [-0.1, -0.05) is 29.8 Å². The molecule has 0 radical (unpaired) electrons. The zero-order chi connectivity index (χ0) is 14.5. The Morgan fingerprint density at radius 2 is 1.95 bits per heavy atom. The highest BCUT2D eigenvalue weighted by molar-refractivity contribution is 7.96. The summed E-state index contributed by atoms with van der Waals surface area (Å²) in [6.07, 6.45) is 0. The van der Waals surface area contributed by atoms with Gasteiger partial charge in [-0.3, -0.25) is 4.79 Å². The van der Waals surface area contributed by atoms with E-state index in [9.17, 15) is 4.79 Å². The van der Waals surface area contributed by atoms with E-state index in [1.807, 2.05) is 36.4 Å². The normalized spacial score (nSPS) is 10.3. The molecule has 0 fully saturated rings. The molecule has 20 heavy (non-hydrogen) atoms. The number of rotatable bonds is 5. The van der Waals surface area contributed by atoms with Crippen molar-refractivity contribution in [2.45, 2.75) is 6.92 Å². The molecule has 0 aliphatic carbocycles. The summed E-state index contributed by atoms with van der Waals surface area (Å²) in [5.41, 5.74) is 3.33. The van der Waals surface area contributed by atoms with E-state index in [1.165, 1.54) is 6.92 Å². The van der Waals surface area contributed by atoms with Gasteiger partial charge in [-0.2, -0.15) is 0 Å². The summed E-state index contributed by atoms with van der Waals surface area (Å²) in [4.78, 5) is 11.6. The maximum Gasteiger partial charge on any atom is 0.161 e. The Labute approximate surface area is 127 Å². The molecular formula is C15H14ClNO2S. The van der Waals surface area contributed by atoms with E-state index in [-0.39, 0.29) is 5.78 Å². The fraction of sp³-hybridized carbons (Fsp3) is 0.133. The third kappa shape index (κ3) is 3.54. The molecule has 104 valence electrons.